The van der Waals surface area contributed by atoms with Crippen LogP contribution in [0.1, 0.15) is 82.8 Å². The summed E-state index contributed by atoms with van der Waals surface area (Å²) in [5, 5.41) is 23.7. The van der Waals surface area contributed by atoms with Gasteiger partial charge < -0.3 is 20.4 Å². The summed E-state index contributed by atoms with van der Waals surface area (Å²) in [6, 6.07) is 9.21. The lowest BCUT2D eigenvalue weighted by atomic mass is 9.99. The van der Waals surface area contributed by atoms with Crippen LogP contribution in [0.2, 0.25) is 0 Å². The molecule has 2 rings (SSSR count). The molecule has 29 heavy (non-hydrogen) atoms. The van der Waals surface area contributed by atoms with Gasteiger partial charge in [-0.15, -0.1) is 0 Å². The van der Waals surface area contributed by atoms with Crippen molar-refractivity contribution in [2.45, 2.75) is 89.4 Å². The van der Waals surface area contributed by atoms with Crippen molar-refractivity contribution in [3.8, 4) is 0 Å². The van der Waals surface area contributed by atoms with Crippen molar-refractivity contribution in [1.29, 1.82) is 0 Å². The Bertz CT molecular complexity index is 559. The Morgan fingerprint density at radius 2 is 1.69 bits per heavy atom. The van der Waals surface area contributed by atoms with Crippen LogP contribution in [0.3, 0.4) is 0 Å². The molecule has 0 radical (unpaired) electrons. The summed E-state index contributed by atoms with van der Waals surface area (Å²) < 4.78 is 0. The van der Waals surface area contributed by atoms with Gasteiger partial charge in [-0.05, 0) is 24.8 Å². The Balaban J connectivity index is 1.83. The van der Waals surface area contributed by atoms with Gasteiger partial charge in [0, 0.05) is 26.1 Å². The number of likely N-dealkylation sites (tertiary alicyclic amines) is 1. The fraction of sp³-hybridized carbons (Fsp3) is 0.708. The van der Waals surface area contributed by atoms with Gasteiger partial charge in [0.1, 0.15) is 6.10 Å². The van der Waals surface area contributed by atoms with Gasteiger partial charge in [0.2, 0.25) is 5.91 Å². The molecular formula is C24H40N2O3. The topological polar surface area (TPSA) is 72.8 Å². The molecule has 1 fully saturated rings. The number of carbonyl (C=O) groups is 1. The lowest BCUT2D eigenvalue weighted by Crippen LogP contribution is -2.49. The van der Waals surface area contributed by atoms with E-state index in [2.05, 4.69) is 17.1 Å². The van der Waals surface area contributed by atoms with E-state index in [1.54, 1.807) is 0 Å². The molecule has 0 saturated carbocycles. The van der Waals surface area contributed by atoms with E-state index in [4.69, 9.17) is 0 Å². The lowest BCUT2D eigenvalue weighted by Gasteiger charge is -2.34. The Labute approximate surface area is 176 Å². The number of hydrogen-bond acceptors (Lipinski definition) is 4. The number of amides is 1. The first kappa shape index (κ1) is 23.8. The van der Waals surface area contributed by atoms with Crippen molar-refractivity contribution in [1.82, 2.24) is 10.2 Å². The van der Waals surface area contributed by atoms with E-state index >= 15 is 0 Å². The summed E-state index contributed by atoms with van der Waals surface area (Å²) in [5.74, 6) is 0.0237. The minimum absolute atomic E-state index is 0.0237. The first-order valence-electron chi connectivity index (χ1n) is 11.5. The number of nitrogens with zero attached hydrogens (tertiary/aromatic N) is 1. The smallest absolute Gasteiger partial charge is 0.220 e. The van der Waals surface area contributed by atoms with E-state index < -0.39 is 6.10 Å². The third-order valence-electron chi connectivity index (χ3n) is 5.89. The maximum Gasteiger partial charge on any atom is 0.220 e. The zero-order chi connectivity index (χ0) is 20.9. The molecule has 164 valence electrons. The van der Waals surface area contributed by atoms with E-state index in [9.17, 15) is 15.0 Å². The molecule has 5 nitrogen and oxygen atoms in total. The van der Waals surface area contributed by atoms with Gasteiger partial charge in [-0.1, -0.05) is 75.8 Å². The summed E-state index contributed by atoms with van der Waals surface area (Å²) in [7, 11) is 0. The molecule has 1 aliphatic heterocycles. The fourth-order valence-electron chi connectivity index (χ4n) is 4.01. The molecule has 1 aromatic rings. The van der Waals surface area contributed by atoms with Crippen LogP contribution in [-0.4, -0.2) is 52.8 Å². The molecule has 0 aromatic heterocycles. The second-order valence-electron chi connectivity index (χ2n) is 8.43. The standard InChI is InChI=1S/C24H40N2O3/c1-2-3-4-5-6-7-11-14-23(28)25-22(19-26-17-15-21(27)16-18-26)24(29)20-12-9-8-10-13-20/h8-10,12-13,21-22,24,27,29H,2-7,11,14-19H2,1H3,(H,25,28)/t22-,24+/m1/s1. The van der Waals surface area contributed by atoms with Crippen molar-refractivity contribution in [3.05, 3.63) is 35.9 Å². The predicted octanol–water partition coefficient (Wildman–Crippen LogP) is 3.80. The number of piperidine rings is 1. The highest BCUT2D eigenvalue weighted by Crippen LogP contribution is 2.20. The number of carbonyl (C=O) groups excluding carboxylic acids is 1. The van der Waals surface area contributed by atoms with Crippen molar-refractivity contribution < 1.29 is 15.0 Å². The molecule has 0 aliphatic carbocycles. The average Bonchev–Trinajstić information content (AvgIpc) is 2.74. The van der Waals surface area contributed by atoms with Crippen molar-refractivity contribution >= 4 is 5.91 Å². The number of nitrogens with one attached hydrogen (secondary N) is 1. The van der Waals surface area contributed by atoms with Crippen LogP contribution in [-0.2, 0) is 4.79 Å². The van der Waals surface area contributed by atoms with Gasteiger partial charge in [0.25, 0.3) is 0 Å². The van der Waals surface area contributed by atoms with E-state index in [-0.39, 0.29) is 18.1 Å². The van der Waals surface area contributed by atoms with E-state index in [1.165, 1.54) is 32.1 Å². The molecule has 2 atom stereocenters. The highest BCUT2D eigenvalue weighted by atomic mass is 16.3. The van der Waals surface area contributed by atoms with E-state index in [0.29, 0.717) is 13.0 Å². The molecule has 0 bridgehead atoms. The molecule has 1 aliphatic rings. The van der Waals surface area contributed by atoms with Gasteiger partial charge in [-0.25, -0.2) is 0 Å². The summed E-state index contributed by atoms with van der Waals surface area (Å²) in [4.78, 5) is 14.8. The normalized spacial score (nSPS) is 17.8. The summed E-state index contributed by atoms with van der Waals surface area (Å²) >= 11 is 0. The van der Waals surface area contributed by atoms with Crippen molar-refractivity contribution in [3.63, 3.8) is 0 Å². The second-order valence-corrected chi connectivity index (χ2v) is 8.43. The fourth-order valence-corrected chi connectivity index (χ4v) is 4.01. The second kappa shape index (κ2) is 13.7. The zero-order valence-corrected chi connectivity index (χ0v) is 18.1. The number of unbranched alkanes of at least 4 members (excludes halogenated alkanes) is 6. The molecule has 1 amide bonds. The summed E-state index contributed by atoms with van der Waals surface area (Å²) in [6.07, 6.45) is 9.34. The van der Waals surface area contributed by atoms with Gasteiger partial charge in [0.15, 0.2) is 0 Å². The first-order chi connectivity index (χ1) is 14.1. The summed E-state index contributed by atoms with van der Waals surface area (Å²) in [5.41, 5.74) is 0.825. The van der Waals surface area contributed by atoms with Gasteiger partial charge >= 0.3 is 0 Å². The van der Waals surface area contributed by atoms with Crippen molar-refractivity contribution in [2.75, 3.05) is 19.6 Å². The third-order valence-corrected chi connectivity index (χ3v) is 5.89. The van der Waals surface area contributed by atoms with Gasteiger partial charge in [0.05, 0.1) is 12.1 Å². The SMILES string of the molecule is CCCCCCCCCC(=O)N[C@H](CN1CCC(O)CC1)[C@@H](O)c1ccccc1. The van der Waals surface area contributed by atoms with Crippen LogP contribution in [0.4, 0.5) is 0 Å². The predicted molar refractivity (Wildman–Crippen MR) is 118 cm³/mol. The highest BCUT2D eigenvalue weighted by molar-refractivity contribution is 5.76. The minimum Gasteiger partial charge on any atom is -0.393 e. The van der Waals surface area contributed by atoms with Gasteiger partial charge in [-0.2, -0.15) is 0 Å². The van der Waals surface area contributed by atoms with Crippen LogP contribution in [0.25, 0.3) is 0 Å². The molecule has 0 unspecified atom stereocenters. The number of benzene rings is 1. The largest absolute Gasteiger partial charge is 0.393 e. The number of hydrogen-bond donors (Lipinski definition) is 3. The number of rotatable bonds is 13. The molecule has 1 saturated heterocycles. The monoisotopic (exact) mass is 404 g/mol. The molecule has 1 heterocycles. The Hall–Kier alpha value is -1.43. The zero-order valence-electron chi connectivity index (χ0n) is 18.1. The average molecular weight is 405 g/mol. The highest BCUT2D eigenvalue weighted by Gasteiger charge is 2.27. The van der Waals surface area contributed by atoms with Crippen LogP contribution >= 0.6 is 0 Å². The maximum absolute atomic E-state index is 12.5. The van der Waals surface area contributed by atoms with E-state index in [0.717, 1.165) is 44.3 Å². The van der Waals surface area contributed by atoms with Crippen molar-refractivity contribution in [2.24, 2.45) is 0 Å². The Morgan fingerprint density at radius 1 is 1.07 bits per heavy atom. The molecule has 3 N–H and O–H groups in total. The first-order valence-corrected chi connectivity index (χ1v) is 11.5. The van der Waals surface area contributed by atoms with Crippen LogP contribution in [0.15, 0.2) is 30.3 Å². The quantitative estimate of drug-likeness (QED) is 0.437. The minimum atomic E-state index is -0.735. The van der Waals surface area contributed by atoms with Crippen LogP contribution < -0.4 is 5.32 Å². The maximum atomic E-state index is 12.5. The number of aliphatic hydroxyl groups excluding tert-OH is 2. The molecule has 1 aromatic carbocycles. The Kier molecular flexibility index (Phi) is 11.3. The molecule has 5 heteroatoms. The van der Waals surface area contributed by atoms with Gasteiger partial charge in [-0.3, -0.25) is 4.79 Å². The third kappa shape index (κ3) is 9.28. The Morgan fingerprint density at radius 3 is 2.34 bits per heavy atom. The lowest BCUT2D eigenvalue weighted by molar-refractivity contribution is -0.123. The van der Waals surface area contributed by atoms with Crippen LogP contribution in [0, 0.1) is 0 Å². The molecular weight excluding hydrogens is 364 g/mol. The van der Waals surface area contributed by atoms with E-state index in [1.807, 2.05) is 30.3 Å². The number of aliphatic hydroxyl groups is 2. The van der Waals surface area contributed by atoms with Crippen LogP contribution in [0.5, 0.6) is 0 Å². The molecule has 0 spiro atoms. The summed E-state index contributed by atoms with van der Waals surface area (Å²) in [6.45, 7) is 4.42.